The molecule has 0 radical (unpaired) electrons. The van der Waals surface area contributed by atoms with Crippen molar-refractivity contribution in [2.75, 3.05) is 5.32 Å². The number of thiazole rings is 1. The molecule has 8 nitrogen and oxygen atoms in total. The van der Waals surface area contributed by atoms with Crippen LogP contribution in [0.3, 0.4) is 0 Å². The van der Waals surface area contributed by atoms with Gasteiger partial charge in [0.05, 0.1) is 22.3 Å². The largest absolute Gasteiger partial charge is 0.481 e. The Bertz CT molecular complexity index is 1390. The molecule has 2 aromatic carbocycles. The van der Waals surface area contributed by atoms with Crippen LogP contribution in [0.4, 0.5) is 13.9 Å². The molecule has 2 N–H and O–H groups in total. The maximum absolute atomic E-state index is 14.4. The minimum Gasteiger partial charge on any atom is -0.481 e. The minimum absolute atomic E-state index is 0.00654. The van der Waals surface area contributed by atoms with Crippen molar-refractivity contribution in [3.63, 3.8) is 0 Å². The lowest BCUT2D eigenvalue weighted by Crippen LogP contribution is -2.29. The summed E-state index contributed by atoms with van der Waals surface area (Å²) in [5.74, 6) is -4.32. The smallest absolute Gasteiger partial charge is 0.309 e. The molecule has 190 valence electrons. The van der Waals surface area contributed by atoms with Crippen LogP contribution in [0.25, 0.3) is 0 Å². The number of hydrogen-bond acceptors (Lipinski definition) is 7. The van der Waals surface area contributed by atoms with Gasteiger partial charge >= 0.3 is 5.97 Å². The number of nitrogens with zero attached hydrogens (tertiary/aromatic N) is 1. The molecule has 1 fully saturated rings. The molecule has 3 aromatic rings. The van der Waals surface area contributed by atoms with Crippen molar-refractivity contribution >= 4 is 38.2 Å². The molecule has 36 heavy (non-hydrogen) atoms. The normalized spacial score (nSPS) is 14.9. The molecule has 0 aliphatic heterocycles. The van der Waals surface area contributed by atoms with Gasteiger partial charge in [0, 0.05) is 17.0 Å². The van der Waals surface area contributed by atoms with Crippen molar-refractivity contribution in [3.05, 3.63) is 70.7 Å². The van der Waals surface area contributed by atoms with Crippen molar-refractivity contribution in [1.82, 2.24) is 4.98 Å². The molecule has 1 aliphatic carbocycles. The number of nitrogens with one attached hydrogen (secondary N) is 1. The van der Waals surface area contributed by atoms with Gasteiger partial charge in [-0.1, -0.05) is 31.0 Å². The molecule has 0 spiro atoms. The standard InChI is InChI=1S/C24H22F2N2O6S2/c25-14-9-10-19(18(26)11-14)34-22(23(31)28-24-27-15(13-35-24)12-21(29)30)17-7-3-4-8-20(17)36(32,33)16-5-1-2-6-16/h3-4,7-11,13,16,22H,1-2,5-6,12H2,(H,29,30)(H,27,28,31). The van der Waals surface area contributed by atoms with Gasteiger partial charge in [0.1, 0.15) is 5.82 Å². The number of hydrogen-bond donors (Lipinski definition) is 2. The first-order valence-corrected chi connectivity index (χ1v) is 13.5. The van der Waals surface area contributed by atoms with E-state index in [9.17, 15) is 26.8 Å². The SMILES string of the molecule is O=C(O)Cc1csc(NC(=O)C(Oc2ccc(F)cc2F)c2ccccc2S(=O)(=O)C2CCCC2)n1. The quantitative estimate of drug-likeness (QED) is 0.412. The van der Waals surface area contributed by atoms with E-state index in [4.69, 9.17) is 9.84 Å². The van der Waals surface area contributed by atoms with E-state index in [1.54, 1.807) is 0 Å². The van der Waals surface area contributed by atoms with E-state index in [0.717, 1.165) is 36.3 Å². The summed E-state index contributed by atoms with van der Waals surface area (Å²) in [5, 5.41) is 12.3. The zero-order valence-electron chi connectivity index (χ0n) is 18.8. The van der Waals surface area contributed by atoms with Crippen LogP contribution >= 0.6 is 11.3 Å². The average Bonchev–Trinajstić information content (AvgIpc) is 3.51. The molecule has 4 rings (SSSR count). The lowest BCUT2D eigenvalue weighted by molar-refractivity contribution is -0.136. The van der Waals surface area contributed by atoms with Crippen molar-refractivity contribution in [1.29, 1.82) is 0 Å². The third-order valence-corrected chi connectivity index (χ3v) is 8.88. The Hall–Kier alpha value is -3.38. The number of amides is 1. The van der Waals surface area contributed by atoms with E-state index in [1.165, 1.54) is 29.6 Å². The van der Waals surface area contributed by atoms with Gasteiger partial charge in [-0.3, -0.25) is 14.9 Å². The number of aliphatic carboxylic acids is 1. The van der Waals surface area contributed by atoms with Gasteiger partial charge in [0.15, 0.2) is 26.5 Å². The van der Waals surface area contributed by atoms with Crippen molar-refractivity contribution in [2.24, 2.45) is 0 Å². The van der Waals surface area contributed by atoms with Gasteiger partial charge in [0.25, 0.3) is 5.91 Å². The second-order valence-electron chi connectivity index (χ2n) is 8.27. The molecule has 1 saturated carbocycles. The molecular formula is C24H22F2N2O6S2. The number of ether oxygens (including phenoxy) is 1. The van der Waals surface area contributed by atoms with E-state index in [-0.39, 0.29) is 27.7 Å². The van der Waals surface area contributed by atoms with Gasteiger partial charge in [-0.2, -0.15) is 0 Å². The summed E-state index contributed by atoms with van der Waals surface area (Å²) in [5.41, 5.74) is 0.210. The Balaban J connectivity index is 1.73. The fourth-order valence-corrected chi connectivity index (χ4v) is 6.86. The van der Waals surface area contributed by atoms with Crippen LogP contribution in [0.1, 0.15) is 43.0 Å². The molecule has 1 aromatic heterocycles. The number of carbonyl (C=O) groups excluding carboxylic acids is 1. The topological polar surface area (TPSA) is 123 Å². The van der Waals surface area contributed by atoms with Crippen LogP contribution in [-0.4, -0.2) is 35.6 Å². The number of carbonyl (C=O) groups is 2. The molecule has 0 saturated heterocycles. The number of carboxylic acid groups (broad SMARTS) is 1. The lowest BCUT2D eigenvalue weighted by atomic mass is 10.1. The summed E-state index contributed by atoms with van der Waals surface area (Å²) >= 11 is 0.970. The van der Waals surface area contributed by atoms with E-state index in [1.807, 2.05) is 0 Å². The first-order chi connectivity index (χ1) is 17.1. The van der Waals surface area contributed by atoms with Crippen molar-refractivity contribution in [3.8, 4) is 5.75 Å². The molecule has 12 heteroatoms. The van der Waals surface area contributed by atoms with Gasteiger partial charge in [-0.15, -0.1) is 11.3 Å². The van der Waals surface area contributed by atoms with Crippen LogP contribution in [0.15, 0.2) is 52.7 Å². The molecule has 1 unspecified atom stereocenters. The summed E-state index contributed by atoms with van der Waals surface area (Å²) in [4.78, 5) is 28.2. The highest BCUT2D eigenvalue weighted by atomic mass is 32.2. The monoisotopic (exact) mass is 536 g/mol. The Morgan fingerprint density at radius 1 is 1.17 bits per heavy atom. The number of carboxylic acids is 1. The highest BCUT2D eigenvalue weighted by molar-refractivity contribution is 7.92. The first kappa shape index (κ1) is 25.7. The second-order valence-corrected chi connectivity index (χ2v) is 11.3. The zero-order valence-corrected chi connectivity index (χ0v) is 20.5. The summed E-state index contributed by atoms with van der Waals surface area (Å²) in [6, 6.07) is 8.39. The van der Waals surface area contributed by atoms with Crippen LogP contribution in [-0.2, 0) is 25.8 Å². The van der Waals surface area contributed by atoms with E-state index >= 15 is 0 Å². The maximum Gasteiger partial charge on any atom is 0.309 e. The highest BCUT2D eigenvalue weighted by Crippen LogP contribution is 2.35. The van der Waals surface area contributed by atoms with Crippen LogP contribution in [0.2, 0.25) is 0 Å². The highest BCUT2D eigenvalue weighted by Gasteiger charge is 2.36. The zero-order chi connectivity index (χ0) is 25.9. The fraction of sp³-hybridized carbons (Fsp3) is 0.292. The fourth-order valence-electron chi connectivity index (χ4n) is 4.06. The number of aromatic nitrogens is 1. The molecular weight excluding hydrogens is 514 g/mol. The minimum atomic E-state index is -3.83. The Morgan fingerprint density at radius 3 is 2.58 bits per heavy atom. The van der Waals surface area contributed by atoms with Gasteiger partial charge in [-0.25, -0.2) is 22.2 Å². The summed E-state index contributed by atoms with van der Waals surface area (Å²) in [6.07, 6.45) is 0.546. The molecule has 0 bridgehead atoms. The average molecular weight is 537 g/mol. The summed E-state index contributed by atoms with van der Waals surface area (Å²) in [6.45, 7) is 0. The number of benzene rings is 2. The number of anilines is 1. The van der Waals surface area contributed by atoms with Crippen LogP contribution < -0.4 is 10.1 Å². The predicted molar refractivity (Wildman–Crippen MR) is 128 cm³/mol. The van der Waals surface area contributed by atoms with E-state index < -0.39 is 50.5 Å². The third-order valence-electron chi connectivity index (χ3n) is 5.74. The molecule has 1 aliphatic rings. The van der Waals surface area contributed by atoms with Gasteiger partial charge < -0.3 is 9.84 Å². The Kier molecular flexibility index (Phi) is 7.65. The van der Waals surface area contributed by atoms with E-state index in [2.05, 4.69) is 10.3 Å². The van der Waals surface area contributed by atoms with Gasteiger partial charge in [-0.05, 0) is 31.0 Å². The second kappa shape index (κ2) is 10.7. The first-order valence-electron chi connectivity index (χ1n) is 11.1. The summed E-state index contributed by atoms with van der Waals surface area (Å²) in [7, 11) is -3.83. The lowest BCUT2D eigenvalue weighted by Gasteiger charge is -2.22. The molecule has 1 heterocycles. The Labute approximate surface area is 209 Å². The molecule has 1 amide bonds. The van der Waals surface area contributed by atoms with Crippen LogP contribution in [0, 0.1) is 11.6 Å². The van der Waals surface area contributed by atoms with Gasteiger partial charge in [0.2, 0.25) is 6.10 Å². The van der Waals surface area contributed by atoms with Crippen molar-refractivity contribution in [2.45, 2.75) is 48.4 Å². The number of sulfone groups is 1. The van der Waals surface area contributed by atoms with Crippen LogP contribution in [0.5, 0.6) is 5.75 Å². The maximum atomic E-state index is 14.4. The third kappa shape index (κ3) is 5.71. The van der Waals surface area contributed by atoms with Crippen molar-refractivity contribution < 1.29 is 36.6 Å². The predicted octanol–water partition coefficient (Wildman–Crippen LogP) is 4.52. The molecule has 1 atom stereocenters. The number of rotatable bonds is 9. The van der Waals surface area contributed by atoms with E-state index in [0.29, 0.717) is 18.9 Å². The summed E-state index contributed by atoms with van der Waals surface area (Å²) < 4.78 is 60.4. The number of halogens is 2. The Morgan fingerprint density at radius 2 is 1.89 bits per heavy atom.